The van der Waals surface area contributed by atoms with Gasteiger partial charge in [-0.2, -0.15) is 4.98 Å². The SMILES string of the molecule is Cc1cccnc1NC(=S)NCc1nc(-c2cccc(Cl)c2)no1. The molecule has 3 aromatic rings. The summed E-state index contributed by atoms with van der Waals surface area (Å²) in [5.74, 6) is 1.61. The minimum absolute atomic E-state index is 0.311. The monoisotopic (exact) mass is 359 g/mol. The maximum Gasteiger partial charge on any atom is 0.246 e. The highest BCUT2D eigenvalue weighted by atomic mass is 35.5. The number of thiocarbonyl (C=S) groups is 1. The summed E-state index contributed by atoms with van der Waals surface area (Å²) < 4.78 is 5.21. The van der Waals surface area contributed by atoms with Gasteiger partial charge in [-0.15, -0.1) is 0 Å². The van der Waals surface area contributed by atoms with Gasteiger partial charge in [0.05, 0.1) is 6.54 Å². The predicted octanol–water partition coefficient (Wildman–Crippen LogP) is 3.58. The number of nitrogens with zero attached hydrogens (tertiary/aromatic N) is 3. The lowest BCUT2D eigenvalue weighted by molar-refractivity contribution is 0.376. The molecule has 8 heteroatoms. The molecule has 0 saturated carbocycles. The maximum atomic E-state index is 5.96. The summed E-state index contributed by atoms with van der Waals surface area (Å²) in [6, 6.07) is 11.1. The lowest BCUT2D eigenvalue weighted by Crippen LogP contribution is -2.28. The molecule has 0 amide bonds. The van der Waals surface area contributed by atoms with Crippen LogP contribution in [-0.2, 0) is 6.54 Å². The van der Waals surface area contributed by atoms with Gasteiger partial charge in [-0.1, -0.05) is 35.0 Å². The van der Waals surface area contributed by atoms with Gasteiger partial charge < -0.3 is 15.2 Å². The quantitative estimate of drug-likeness (QED) is 0.689. The summed E-state index contributed by atoms with van der Waals surface area (Å²) in [6.45, 7) is 2.26. The zero-order valence-corrected chi connectivity index (χ0v) is 14.4. The van der Waals surface area contributed by atoms with E-state index >= 15 is 0 Å². The zero-order chi connectivity index (χ0) is 16.9. The molecular formula is C16H14ClN5OS. The molecule has 0 unspecified atom stereocenters. The molecule has 0 fully saturated rings. The number of hydrogen-bond acceptors (Lipinski definition) is 5. The van der Waals surface area contributed by atoms with Gasteiger partial charge >= 0.3 is 0 Å². The molecule has 0 aliphatic rings. The summed E-state index contributed by atoms with van der Waals surface area (Å²) in [5, 5.41) is 11.0. The van der Waals surface area contributed by atoms with Crippen molar-refractivity contribution >= 4 is 34.7 Å². The first-order valence-corrected chi connectivity index (χ1v) is 7.95. The number of nitrogens with one attached hydrogen (secondary N) is 2. The van der Waals surface area contributed by atoms with Crippen molar-refractivity contribution in [2.24, 2.45) is 0 Å². The van der Waals surface area contributed by atoms with Gasteiger partial charge in [0.1, 0.15) is 5.82 Å². The van der Waals surface area contributed by atoms with Crippen LogP contribution in [-0.4, -0.2) is 20.2 Å². The molecule has 0 aliphatic heterocycles. The second kappa shape index (κ2) is 7.37. The van der Waals surface area contributed by atoms with Gasteiger partial charge in [-0.05, 0) is 42.9 Å². The van der Waals surface area contributed by atoms with Crippen LogP contribution in [0, 0.1) is 6.92 Å². The van der Waals surface area contributed by atoms with Crippen LogP contribution in [0.25, 0.3) is 11.4 Å². The highest BCUT2D eigenvalue weighted by Gasteiger charge is 2.09. The van der Waals surface area contributed by atoms with Crippen molar-refractivity contribution < 1.29 is 4.52 Å². The first-order valence-electron chi connectivity index (χ1n) is 7.17. The van der Waals surface area contributed by atoms with E-state index in [1.807, 2.05) is 31.2 Å². The molecule has 1 aromatic carbocycles. The minimum Gasteiger partial charge on any atom is -0.353 e. The van der Waals surface area contributed by atoms with Gasteiger partial charge in [0.25, 0.3) is 0 Å². The molecule has 0 spiro atoms. The average molecular weight is 360 g/mol. The Kier molecular flexibility index (Phi) is 5.02. The lowest BCUT2D eigenvalue weighted by atomic mass is 10.2. The van der Waals surface area contributed by atoms with Gasteiger partial charge in [0.15, 0.2) is 5.11 Å². The lowest BCUT2D eigenvalue weighted by Gasteiger charge is -2.09. The first-order chi connectivity index (χ1) is 11.6. The predicted molar refractivity (Wildman–Crippen MR) is 96.8 cm³/mol. The number of benzene rings is 1. The van der Waals surface area contributed by atoms with Crippen LogP contribution in [0.15, 0.2) is 47.1 Å². The van der Waals surface area contributed by atoms with Crippen LogP contribution in [0.2, 0.25) is 5.02 Å². The number of rotatable bonds is 4. The van der Waals surface area contributed by atoms with Crippen molar-refractivity contribution in [3.63, 3.8) is 0 Å². The minimum atomic E-state index is 0.311. The number of aryl methyl sites for hydroxylation is 1. The number of aromatic nitrogens is 3. The van der Waals surface area contributed by atoms with Crippen molar-refractivity contribution in [1.29, 1.82) is 0 Å². The number of pyridine rings is 1. The third-order valence-electron chi connectivity index (χ3n) is 3.19. The average Bonchev–Trinajstić information content (AvgIpc) is 3.04. The summed E-state index contributed by atoms with van der Waals surface area (Å²) >= 11 is 11.2. The van der Waals surface area contributed by atoms with Crippen LogP contribution in [0.5, 0.6) is 0 Å². The molecule has 24 heavy (non-hydrogen) atoms. The summed E-state index contributed by atoms with van der Waals surface area (Å²) in [6.07, 6.45) is 1.70. The smallest absolute Gasteiger partial charge is 0.246 e. The Morgan fingerprint density at radius 2 is 2.17 bits per heavy atom. The van der Waals surface area contributed by atoms with E-state index in [1.165, 1.54) is 0 Å². The van der Waals surface area contributed by atoms with Gasteiger partial charge in [0.2, 0.25) is 11.7 Å². The molecule has 2 heterocycles. The third-order valence-corrected chi connectivity index (χ3v) is 3.67. The third kappa shape index (κ3) is 4.06. The molecule has 2 aromatic heterocycles. The van der Waals surface area contributed by atoms with E-state index in [-0.39, 0.29) is 0 Å². The Labute approximate surface area is 149 Å². The topological polar surface area (TPSA) is 75.9 Å². The van der Waals surface area contributed by atoms with Crippen molar-refractivity contribution in [2.45, 2.75) is 13.5 Å². The number of hydrogen-bond donors (Lipinski definition) is 2. The second-order valence-electron chi connectivity index (χ2n) is 5.00. The zero-order valence-electron chi connectivity index (χ0n) is 12.8. The largest absolute Gasteiger partial charge is 0.353 e. The van der Waals surface area contributed by atoms with E-state index < -0.39 is 0 Å². The molecule has 2 N–H and O–H groups in total. The fourth-order valence-electron chi connectivity index (χ4n) is 2.00. The van der Waals surface area contributed by atoms with Crippen molar-refractivity contribution in [3.8, 4) is 11.4 Å². The highest BCUT2D eigenvalue weighted by molar-refractivity contribution is 7.80. The molecule has 0 saturated heterocycles. The van der Waals surface area contributed by atoms with Gasteiger partial charge in [-0.25, -0.2) is 4.98 Å². The Morgan fingerprint density at radius 1 is 1.29 bits per heavy atom. The van der Waals surface area contributed by atoms with Crippen molar-refractivity contribution in [1.82, 2.24) is 20.4 Å². The molecule has 3 rings (SSSR count). The molecule has 122 valence electrons. The van der Waals surface area contributed by atoms with Gasteiger partial charge in [0, 0.05) is 16.8 Å². The maximum absolute atomic E-state index is 5.96. The summed E-state index contributed by atoms with van der Waals surface area (Å²) in [4.78, 5) is 8.54. The van der Waals surface area contributed by atoms with Crippen LogP contribution < -0.4 is 10.6 Å². The Balaban J connectivity index is 1.59. The van der Waals surface area contributed by atoms with E-state index in [4.69, 9.17) is 28.3 Å². The van der Waals surface area contributed by atoms with Crippen LogP contribution in [0.1, 0.15) is 11.5 Å². The molecular weight excluding hydrogens is 346 g/mol. The van der Waals surface area contributed by atoms with E-state index in [2.05, 4.69) is 25.8 Å². The van der Waals surface area contributed by atoms with E-state index in [0.29, 0.717) is 34.2 Å². The van der Waals surface area contributed by atoms with E-state index in [0.717, 1.165) is 11.1 Å². The molecule has 0 bridgehead atoms. The highest BCUT2D eigenvalue weighted by Crippen LogP contribution is 2.19. The molecule has 0 radical (unpaired) electrons. The van der Waals surface area contributed by atoms with Crippen molar-refractivity contribution in [3.05, 3.63) is 59.1 Å². The second-order valence-corrected chi connectivity index (χ2v) is 5.84. The molecule has 0 atom stereocenters. The van der Waals surface area contributed by atoms with Crippen LogP contribution >= 0.6 is 23.8 Å². The number of halogens is 1. The summed E-state index contributed by atoms with van der Waals surface area (Å²) in [7, 11) is 0. The number of anilines is 1. The van der Waals surface area contributed by atoms with Gasteiger partial charge in [-0.3, -0.25) is 0 Å². The Hall–Kier alpha value is -2.51. The Bertz CT molecular complexity index is 867. The molecule has 0 aliphatic carbocycles. The van der Waals surface area contributed by atoms with Crippen LogP contribution in [0.4, 0.5) is 5.82 Å². The van der Waals surface area contributed by atoms with E-state index in [9.17, 15) is 0 Å². The van der Waals surface area contributed by atoms with E-state index in [1.54, 1.807) is 18.3 Å². The molecule has 6 nitrogen and oxygen atoms in total. The van der Waals surface area contributed by atoms with Crippen molar-refractivity contribution in [2.75, 3.05) is 5.32 Å². The fourth-order valence-corrected chi connectivity index (χ4v) is 2.35. The summed E-state index contributed by atoms with van der Waals surface area (Å²) in [5.41, 5.74) is 1.80. The standard InChI is InChI=1S/C16H14ClN5OS/c1-10-4-3-7-18-14(10)21-16(24)19-9-13-20-15(22-23-13)11-5-2-6-12(17)8-11/h2-8H,9H2,1H3,(H2,18,19,21,24). The normalized spacial score (nSPS) is 10.4. The first kappa shape index (κ1) is 16.4. The fraction of sp³-hybridized carbons (Fsp3) is 0.125. The Morgan fingerprint density at radius 3 is 2.96 bits per heavy atom. The van der Waals surface area contributed by atoms with Crippen LogP contribution in [0.3, 0.4) is 0 Å².